The van der Waals surface area contributed by atoms with Crippen LogP contribution in [0.3, 0.4) is 0 Å². The highest BCUT2D eigenvalue weighted by Crippen LogP contribution is 2.22. The number of para-hydroxylation sites is 1. The number of aromatic nitrogens is 3. The molecular formula is C22H25N5O2. The van der Waals surface area contributed by atoms with E-state index in [0.29, 0.717) is 11.4 Å². The number of hydrogen-bond acceptors (Lipinski definition) is 4. The molecule has 150 valence electrons. The van der Waals surface area contributed by atoms with E-state index in [9.17, 15) is 9.59 Å². The Labute approximate surface area is 170 Å². The SMILES string of the molecule is Cc1cccc(C)c1NC(=O)CNC(=O)c1cnn(-c2ccccn2)c1C(C)C. The zero-order valence-electron chi connectivity index (χ0n) is 17.1. The van der Waals surface area contributed by atoms with Crippen LogP contribution in [-0.4, -0.2) is 33.1 Å². The minimum atomic E-state index is -0.340. The Hall–Kier alpha value is -3.48. The number of carbonyl (C=O) groups excluding carboxylic acids is 2. The highest BCUT2D eigenvalue weighted by molar-refractivity contribution is 6.00. The third kappa shape index (κ3) is 4.51. The van der Waals surface area contributed by atoms with E-state index in [4.69, 9.17) is 0 Å². The second-order valence-electron chi connectivity index (χ2n) is 7.20. The van der Waals surface area contributed by atoms with Crippen molar-refractivity contribution in [3.05, 3.63) is 71.2 Å². The van der Waals surface area contributed by atoms with E-state index in [1.165, 1.54) is 6.20 Å². The largest absolute Gasteiger partial charge is 0.343 e. The van der Waals surface area contributed by atoms with Gasteiger partial charge in [0, 0.05) is 11.9 Å². The van der Waals surface area contributed by atoms with Gasteiger partial charge in [0.05, 0.1) is 24.0 Å². The number of carbonyl (C=O) groups is 2. The Bertz CT molecular complexity index is 1000. The number of amides is 2. The van der Waals surface area contributed by atoms with Crippen molar-refractivity contribution in [3.63, 3.8) is 0 Å². The summed E-state index contributed by atoms with van der Waals surface area (Å²) < 4.78 is 1.66. The lowest BCUT2D eigenvalue weighted by Gasteiger charge is -2.13. The average Bonchev–Trinajstić information content (AvgIpc) is 3.15. The molecule has 7 heteroatoms. The first kappa shape index (κ1) is 20.3. The van der Waals surface area contributed by atoms with Gasteiger partial charge < -0.3 is 10.6 Å². The lowest BCUT2D eigenvalue weighted by Crippen LogP contribution is -2.33. The molecule has 1 aromatic carbocycles. The monoisotopic (exact) mass is 391 g/mol. The van der Waals surface area contributed by atoms with Crippen LogP contribution in [0.2, 0.25) is 0 Å². The molecule has 2 amide bonds. The first-order valence-electron chi connectivity index (χ1n) is 9.52. The van der Waals surface area contributed by atoms with E-state index < -0.39 is 0 Å². The minimum absolute atomic E-state index is 0.0451. The molecule has 0 aliphatic carbocycles. The Morgan fingerprint density at radius 1 is 1.07 bits per heavy atom. The van der Waals surface area contributed by atoms with Gasteiger partial charge in [-0.25, -0.2) is 9.67 Å². The normalized spacial score (nSPS) is 10.8. The summed E-state index contributed by atoms with van der Waals surface area (Å²) in [5, 5.41) is 9.90. The minimum Gasteiger partial charge on any atom is -0.343 e. The fourth-order valence-electron chi connectivity index (χ4n) is 3.20. The van der Waals surface area contributed by atoms with E-state index in [-0.39, 0.29) is 24.3 Å². The van der Waals surface area contributed by atoms with Crippen LogP contribution in [0.1, 0.15) is 46.9 Å². The van der Waals surface area contributed by atoms with E-state index in [1.807, 2.05) is 64.1 Å². The fraction of sp³-hybridized carbons (Fsp3) is 0.273. The molecule has 0 bridgehead atoms. The van der Waals surface area contributed by atoms with Crippen LogP contribution in [0.15, 0.2) is 48.8 Å². The van der Waals surface area contributed by atoms with Crippen molar-refractivity contribution in [3.8, 4) is 5.82 Å². The summed E-state index contributed by atoms with van der Waals surface area (Å²) in [6.07, 6.45) is 3.20. The zero-order chi connectivity index (χ0) is 21.0. The quantitative estimate of drug-likeness (QED) is 0.674. The van der Waals surface area contributed by atoms with Gasteiger partial charge in [0.25, 0.3) is 5.91 Å². The van der Waals surface area contributed by atoms with Crippen LogP contribution < -0.4 is 10.6 Å². The summed E-state index contributed by atoms with van der Waals surface area (Å²) in [6, 6.07) is 11.3. The summed E-state index contributed by atoms with van der Waals surface area (Å²) in [6.45, 7) is 7.71. The van der Waals surface area contributed by atoms with E-state index in [0.717, 1.165) is 22.5 Å². The molecule has 0 atom stereocenters. The van der Waals surface area contributed by atoms with Crippen molar-refractivity contribution in [1.82, 2.24) is 20.1 Å². The Balaban J connectivity index is 1.73. The maximum atomic E-state index is 12.7. The molecule has 0 aliphatic heterocycles. The molecule has 0 unspecified atom stereocenters. The second kappa shape index (κ2) is 8.68. The molecule has 0 saturated heterocycles. The molecule has 0 radical (unpaired) electrons. The average molecular weight is 391 g/mol. The molecule has 2 heterocycles. The number of nitrogens with one attached hydrogen (secondary N) is 2. The van der Waals surface area contributed by atoms with Gasteiger partial charge in [0.15, 0.2) is 5.82 Å². The van der Waals surface area contributed by atoms with Crippen molar-refractivity contribution in [2.45, 2.75) is 33.6 Å². The van der Waals surface area contributed by atoms with E-state index in [1.54, 1.807) is 10.9 Å². The number of pyridine rings is 1. The summed E-state index contributed by atoms with van der Waals surface area (Å²) in [7, 11) is 0. The van der Waals surface area contributed by atoms with Crippen LogP contribution in [0.5, 0.6) is 0 Å². The topological polar surface area (TPSA) is 88.9 Å². The molecule has 3 rings (SSSR count). The molecule has 2 N–H and O–H groups in total. The smallest absolute Gasteiger partial charge is 0.255 e. The van der Waals surface area contributed by atoms with Crippen LogP contribution in [0.4, 0.5) is 5.69 Å². The van der Waals surface area contributed by atoms with E-state index >= 15 is 0 Å². The molecule has 29 heavy (non-hydrogen) atoms. The van der Waals surface area contributed by atoms with Crippen LogP contribution in [-0.2, 0) is 4.79 Å². The van der Waals surface area contributed by atoms with Gasteiger partial charge in [-0.15, -0.1) is 0 Å². The summed E-state index contributed by atoms with van der Waals surface area (Å²) in [4.78, 5) is 29.4. The van der Waals surface area contributed by atoms with Gasteiger partial charge in [-0.3, -0.25) is 9.59 Å². The van der Waals surface area contributed by atoms with Crippen molar-refractivity contribution in [1.29, 1.82) is 0 Å². The predicted molar refractivity (Wildman–Crippen MR) is 112 cm³/mol. The second-order valence-corrected chi connectivity index (χ2v) is 7.20. The first-order chi connectivity index (χ1) is 13.9. The zero-order valence-corrected chi connectivity index (χ0v) is 17.1. The van der Waals surface area contributed by atoms with Crippen molar-refractivity contribution >= 4 is 17.5 Å². The molecule has 0 saturated carbocycles. The van der Waals surface area contributed by atoms with Crippen molar-refractivity contribution < 1.29 is 9.59 Å². The predicted octanol–water partition coefficient (Wildman–Crippen LogP) is 3.38. The number of benzene rings is 1. The van der Waals surface area contributed by atoms with Crippen molar-refractivity contribution in [2.24, 2.45) is 0 Å². The van der Waals surface area contributed by atoms with Gasteiger partial charge in [0.1, 0.15) is 0 Å². The fourth-order valence-corrected chi connectivity index (χ4v) is 3.20. The van der Waals surface area contributed by atoms with Gasteiger partial charge >= 0.3 is 0 Å². The Morgan fingerprint density at radius 2 is 1.79 bits per heavy atom. The number of nitrogens with zero attached hydrogens (tertiary/aromatic N) is 3. The summed E-state index contributed by atoms with van der Waals surface area (Å²) >= 11 is 0. The molecule has 0 aliphatic rings. The number of hydrogen-bond donors (Lipinski definition) is 2. The first-order valence-corrected chi connectivity index (χ1v) is 9.52. The van der Waals surface area contributed by atoms with E-state index in [2.05, 4.69) is 20.7 Å². The highest BCUT2D eigenvalue weighted by Gasteiger charge is 2.21. The Morgan fingerprint density at radius 3 is 2.41 bits per heavy atom. The van der Waals surface area contributed by atoms with Crippen LogP contribution >= 0.6 is 0 Å². The number of rotatable bonds is 6. The summed E-state index contributed by atoms with van der Waals surface area (Å²) in [5.74, 6) is 0.0678. The highest BCUT2D eigenvalue weighted by atomic mass is 16.2. The number of anilines is 1. The van der Waals surface area contributed by atoms with Crippen LogP contribution in [0.25, 0.3) is 5.82 Å². The Kier molecular flexibility index (Phi) is 6.07. The lowest BCUT2D eigenvalue weighted by molar-refractivity contribution is -0.115. The van der Waals surface area contributed by atoms with Gasteiger partial charge in [-0.1, -0.05) is 38.1 Å². The lowest BCUT2D eigenvalue weighted by atomic mass is 10.1. The summed E-state index contributed by atoms with van der Waals surface area (Å²) in [5.41, 5.74) is 3.91. The van der Waals surface area contributed by atoms with Crippen LogP contribution in [0, 0.1) is 13.8 Å². The van der Waals surface area contributed by atoms with Gasteiger partial charge in [-0.05, 0) is 43.0 Å². The molecule has 0 fully saturated rings. The van der Waals surface area contributed by atoms with Crippen molar-refractivity contribution in [2.75, 3.05) is 11.9 Å². The maximum absolute atomic E-state index is 12.7. The van der Waals surface area contributed by atoms with Gasteiger partial charge in [-0.2, -0.15) is 5.10 Å². The molecule has 2 aromatic heterocycles. The number of aryl methyl sites for hydroxylation is 2. The standard InChI is InChI=1S/C22H25N5O2/c1-14(2)21-17(12-25-27(21)18-10-5-6-11-23-18)22(29)24-13-19(28)26-20-15(3)8-7-9-16(20)4/h5-12,14H,13H2,1-4H3,(H,24,29)(H,26,28). The molecular weight excluding hydrogens is 366 g/mol. The third-order valence-electron chi connectivity index (χ3n) is 4.62. The molecule has 0 spiro atoms. The third-order valence-corrected chi connectivity index (χ3v) is 4.62. The van der Waals surface area contributed by atoms with Gasteiger partial charge in [0.2, 0.25) is 5.91 Å². The maximum Gasteiger partial charge on any atom is 0.255 e. The molecule has 7 nitrogen and oxygen atoms in total. The molecule has 3 aromatic rings.